The maximum Gasteiger partial charge on any atom is 0.433 e. The lowest BCUT2D eigenvalue weighted by Crippen LogP contribution is -2.08. The number of imidazole rings is 1. The molecule has 0 atom stereocenters. The van der Waals surface area contributed by atoms with Gasteiger partial charge in [0.15, 0.2) is 0 Å². The number of fused-ring (bicyclic) bond motifs is 6. The maximum absolute atomic E-state index is 13.5. The summed E-state index contributed by atoms with van der Waals surface area (Å²) in [7, 11) is 0. The van der Waals surface area contributed by atoms with Gasteiger partial charge in [-0.15, -0.1) is 11.3 Å². The van der Waals surface area contributed by atoms with Crippen LogP contribution in [-0.2, 0) is 6.18 Å². The molecule has 0 saturated carbocycles. The summed E-state index contributed by atoms with van der Waals surface area (Å²) in [5.41, 5.74) is 5.43. The van der Waals surface area contributed by atoms with Gasteiger partial charge in [-0.3, -0.25) is 4.57 Å². The van der Waals surface area contributed by atoms with Crippen LogP contribution >= 0.6 is 11.3 Å². The largest absolute Gasteiger partial charge is 0.433 e. The number of para-hydroxylation sites is 1. The van der Waals surface area contributed by atoms with E-state index >= 15 is 0 Å². The summed E-state index contributed by atoms with van der Waals surface area (Å²) in [5, 5.41) is 3.80. The van der Waals surface area contributed by atoms with Crippen molar-refractivity contribution in [1.29, 1.82) is 0 Å². The fraction of sp³-hybridized carbons (Fsp3) is 0.200. The Labute approximate surface area is 245 Å². The second-order valence-corrected chi connectivity index (χ2v) is 12.4. The molecule has 0 saturated heterocycles. The second-order valence-electron chi connectivity index (χ2n) is 11.4. The number of hydrogen-bond acceptors (Lipinski definition) is 3. The predicted octanol–water partition coefficient (Wildman–Crippen LogP) is 10.9. The molecule has 0 N–H and O–H groups in total. The predicted molar refractivity (Wildman–Crippen MR) is 168 cm³/mol. The number of rotatable bonds is 4. The van der Waals surface area contributed by atoms with Gasteiger partial charge in [0, 0.05) is 26.4 Å². The van der Waals surface area contributed by atoms with Gasteiger partial charge in [0.05, 0.1) is 16.7 Å². The molecule has 7 rings (SSSR count). The summed E-state index contributed by atoms with van der Waals surface area (Å²) in [4.78, 5) is 9.65. The van der Waals surface area contributed by atoms with Gasteiger partial charge in [-0.05, 0) is 52.6 Å². The van der Waals surface area contributed by atoms with E-state index in [-0.39, 0.29) is 11.8 Å². The minimum absolute atomic E-state index is 0.254. The zero-order valence-electron chi connectivity index (χ0n) is 23.6. The second kappa shape index (κ2) is 9.66. The van der Waals surface area contributed by atoms with E-state index in [0.29, 0.717) is 10.2 Å². The lowest BCUT2D eigenvalue weighted by atomic mass is 9.92. The van der Waals surface area contributed by atoms with Gasteiger partial charge >= 0.3 is 6.18 Å². The Morgan fingerprint density at radius 2 is 1.38 bits per heavy atom. The van der Waals surface area contributed by atoms with Gasteiger partial charge in [0.2, 0.25) is 0 Å². The molecule has 0 aliphatic rings. The zero-order chi connectivity index (χ0) is 29.3. The highest BCUT2D eigenvalue weighted by Crippen LogP contribution is 2.44. The summed E-state index contributed by atoms with van der Waals surface area (Å²) < 4.78 is 43.8. The molecular weight excluding hydrogens is 551 g/mol. The van der Waals surface area contributed by atoms with E-state index in [1.165, 1.54) is 28.5 Å². The molecule has 0 amide bonds. The van der Waals surface area contributed by atoms with Crippen LogP contribution in [0.25, 0.3) is 59.2 Å². The first-order chi connectivity index (χ1) is 20.1. The molecule has 3 aromatic heterocycles. The van der Waals surface area contributed by atoms with Gasteiger partial charge < -0.3 is 0 Å². The molecule has 0 bridgehead atoms. The maximum atomic E-state index is 13.5. The molecule has 0 unspecified atom stereocenters. The van der Waals surface area contributed by atoms with Crippen molar-refractivity contribution in [2.45, 2.75) is 45.7 Å². The van der Waals surface area contributed by atoms with Gasteiger partial charge in [0.1, 0.15) is 16.3 Å². The molecule has 0 fully saturated rings. The number of alkyl halides is 3. The van der Waals surface area contributed by atoms with Crippen LogP contribution in [-0.4, -0.2) is 14.5 Å². The van der Waals surface area contributed by atoms with Crippen LogP contribution in [0.4, 0.5) is 13.2 Å². The molecular formula is C35H28F3N3S. The van der Waals surface area contributed by atoms with Crippen LogP contribution in [0.2, 0.25) is 0 Å². The standard InChI is InChI=1S/C35H28F3N3S/c1-19(2)22-11-7-12-23(20(3)4)30(22)41-31-24-10-6-5-9-21(24)15-17-28(31)39-33(41)27-14-8-13-25-26-16-18-29(35(36,37)38)40-34(26)42-32(25)27/h5-20H,1-4H3. The van der Waals surface area contributed by atoms with E-state index in [9.17, 15) is 13.2 Å². The molecule has 3 nitrogen and oxygen atoms in total. The van der Waals surface area contributed by atoms with Crippen molar-refractivity contribution in [3.05, 3.63) is 102 Å². The van der Waals surface area contributed by atoms with E-state index in [1.54, 1.807) is 0 Å². The van der Waals surface area contributed by atoms with E-state index in [0.717, 1.165) is 55.0 Å². The van der Waals surface area contributed by atoms with Crippen LogP contribution in [0, 0.1) is 0 Å². The van der Waals surface area contributed by atoms with Crippen LogP contribution in [0.3, 0.4) is 0 Å². The van der Waals surface area contributed by atoms with Crippen molar-refractivity contribution in [2.24, 2.45) is 0 Å². The smallest absolute Gasteiger partial charge is 0.291 e. The molecule has 7 aromatic rings. The first-order valence-electron chi connectivity index (χ1n) is 14.1. The topological polar surface area (TPSA) is 30.7 Å². The lowest BCUT2D eigenvalue weighted by molar-refractivity contribution is -0.140. The summed E-state index contributed by atoms with van der Waals surface area (Å²) >= 11 is 1.29. The Bertz CT molecular complexity index is 2130. The minimum atomic E-state index is -4.50. The van der Waals surface area contributed by atoms with Crippen molar-refractivity contribution in [1.82, 2.24) is 14.5 Å². The molecule has 0 aliphatic heterocycles. The fourth-order valence-corrected chi connectivity index (χ4v) is 7.20. The summed E-state index contributed by atoms with van der Waals surface area (Å²) in [6, 6.07) is 27.5. The van der Waals surface area contributed by atoms with E-state index in [4.69, 9.17) is 4.98 Å². The van der Waals surface area contributed by atoms with Gasteiger partial charge in [-0.25, -0.2) is 9.97 Å². The molecule has 7 heteroatoms. The fourth-order valence-electron chi connectivity index (χ4n) is 6.02. The first kappa shape index (κ1) is 26.7. The lowest BCUT2D eigenvalue weighted by Gasteiger charge is -2.23. The number of pyridine rings is 1. The third-order valence-corrected chi connectivity index (χ3v) is 9.15. The highest BCUT2D eigenvalue weighted by Gasteiger charge is 2.33. The Morgan fingerprint density at radius 3 is 2.10 bits per heavy atom. The Kier molecular flexibility index (Phi) is 6.13. The van der Waals surface area contributed by atoms with Crippen molar-refractivity contribution in [3.63, 3.8) is 0 Å². The molecule has 3 heterocycles. The molecule has 42 heavy (non-hydrogen) atoms. The zero-order valence-corrected chi connectivity index (χ0v) is 24.4. The Morgan fingerprint density at radius 1 is 0.690 bits per heavy atom. The highest BCUT2D eigenvalue weighted by atomic mass is 32.1. The van der Waals surface area contributed by atoms with Crippen LogP contribution < -0.4 is 0 Å². The average molecular weight is 580 g/mol. The molecule has 0 aliphatic carbocycles. The van der Waals surface area contributed by atoms with Crippen molar-refractivity contribution >= 4 is 53.4 Å². The van der Waals surface area contributed by atoms with Crippen molar-refractivity contribution in [2.75, 3.05) is 0 Å². The van der Waals surface area contributed by atoms with Crippen molar-refractivity contribution in [3.8, 4) is 17.1 Å². The number of hydrogen-bond donors (Lipinski definition) is 0. The van der Waals surface area contributed by atoms with Gasteiger partial charge in [-0.2, -0.15) is 13.2 Å². The Hall–Kier alpha value is -4.23. The summed E-state index contributed by atoms with van der Waals surface area (Å²) in [6.07, 6.45) is -4.50. The molecule has 4 aromatic carbocycles. The Balaban J connectivity index is 1.64. The number of aromatic nitrogens is 3. The van der Waals surface area contributed by atoms with E-state index < -0.39 is 11.9 Å². The van der Waals surface area contributed by atoms with Gasteiger partial charge in [0.25, 0.3) is 0 Å². The monoisotopic (exact) mass is 579 g/mol. The van der Waals surface area contributed by atoms with Crippen LogP contribution in [0.15, 0.2) is 84.9 Å². The molecule has 0 spiro atoms. The van der Waals surface area contributed by atoms with Crippen molar-refractivity contribution < 1.29 is 13.2 Å². The number of benzene rings is 4. The molecule has 0 radical (unpaired) electrons. The number of thiophene rings is 1. The van der Waals surface area contributed by atoms with Crippen LogP contribution in [0.5, 0.6) is 0 Å². The van der Waals surface area contributed by atoms with Gasteiger partial charge in [-0.1, -0.05) is 88.4 Å². The van der Waals surface area contributed by atoms with E-state index in [2.05, 4.69) is 79.7 Å². The van der Waals surface area contributed by atoms with E-state index in [1.807, 2.05) is 30.3 Å². The quantitative estimate of drug-likeness (QED) is 0.208. The summed E-state index contributed by atoms with van der Waals surface area (Å²) in [5.74, 6) is 1.28. The number of halogens is 3. The third-order valence-electron chi connectivity index (χ3n) is 8.00. The third kappa shape index (κ3) is 4.09. The first-order valence-corrected chi connectivity index (χ1v) is 14.9. The summed E-state index contributed by atoms with van der Waals surface area (Å²) in [6.45, 7) is 8.82. The number of nitrogens with zero attached hydrogens (tertiary/aromatic N) is 3. The molecule has 210 valence electrons. The normalized spacial score (nSPS) is 12.6. The van der Waals surface area contributed by atoms with Crippen LogP contribution in [0.1, 0.15) is 56.4 Å². The highest BCUT2D eigenvalue weighted by molar-refractivity contribution is 7.26. The average Bonchev–Trinajstić information content (AvgIpc) is 3.54. The minimum Gasteiger partial charge on any atom is -0.291 e. The SMILES string of the molecule is CC(C)c1cccc(C(C)C)c1-n1c(-c2cccc3c2sc2nc(C(F)(F)F)ccc23)nc2ccc3ccccc3c21.